The van der Waals surface area contributed by atoms with Crippen LogP contribution in [-0.4, -0.2) is 29.0 Å². The number of carbonyl (C=O) groups excluding carboxylic acids is 1. The molecule has 1 aromatic heterocycles. The molecule has 1 fully saturated rings. The zero-order chi connectivity index (χ0) is 21.6. The molecule has 4 rings (SSSR count). The fraction of sp³-hybridized carbons (Fsp3) is 0.292. The molecule has 1 unspecified atom stereocenters. The second kappa shape index (κ2) is 9.92. The number of ether oxygens (including phenoxy) is 1. The summed E-state index contributed by atoms with van der Waals surface area (Å²) in [7, 11) is 0. The second-order valence-electron chi connectivity index (χ2n) is 7.68. The number of para-hydroxylation sites is 1. The Hall–Kier alpha value is -2.93. The first kappa shape index (κ1) is 21.3. The summed E-state index contributed by atoms with van der Waals surface area (Å²) in [5.41, 5.74) is 2.11. The molecule has 7 heteroatoms. The number of rotatable bonds is 6. The van der Waals surface area contributed by atoms with Gasteiger partial charge in [-0.05, 0) is 49.1 Å². The van der Waals surface area contributed by atoms with Crippen LogP contribution in [0.4, 0.5) is 5.82 Å². The molecule has 1 saturated heterocycles. The molecule has 3 aromatic rings. The maximum atomic E-state index is 12.8. The molecule has 0 saturated carbocycles. The standard InChI is InChI=1S/C24H25BrN4O2/c1-17-5-2-3-7-21(17)31-24-22(26-12-13-27-24)29-14-4-6-19(16-29)23(30)28-15-18-8-10-20(25)11-9-18/h2-3,5,7-13,19H,4,6,14-16H2,1H3,(H,28,30). The van der Waals surface area contributed by atoms with Crippen LogP contribution in [0.3, 0.4) is 0 Å². The SMILES string of the molecule is Cc1ccccc1Oc1nccnc1N1CCCC(C(=O)NCc2ccc(Br)cc2)C1. The van der Waals surface area contributed by atoms with Crippen molar-refractivity contribution in [3.05, 3.63) is 76.5 Å². The van der Waals surface area contributed by atoms with E-state index >= 15 is 0 Å². The van der Waals surface area contributed by atoms with Gasteiger partial charge in [0.15, 0.2) is 5.82 Å². The molecule has 0 bridgehead atoms. The lowest BCUT2D eigenvalue weighted by Gasteiger charge is -2.33. The van der Waals surface area contributed by atoms with Crippen molar-refractivity contribution in [2.24, 2.45) is 5.92 Å². The minimum absolute atomic E-state index is 0.0675. The van der Waals surface area contributed by atoms with Gasteiger partial charge in [0, 0.05) is 36.5 Å². The maximum absolute atomic E-state index is 12.8. The Kier molecular flexibility index (Phi) is 6.82. The molecule has 1 amide bonds. The molecule has 0 radical (unpaired) electrons. The number of hydrogen-bond donors (Lipinski definition) is 1. The largest absolute Gasteiger partial charge is 0.436 e. The average Bonchev–Trinajstić information content (AvgIpc) is 2.80. The number of aryl methyl sites for hydroxylation is 1. The number of hydrogen-bond acceptors (Lipinski definition) is 5. The van der Waals surface area contributed by atoms with Crippen molar-refractivity contribution in [3.8, 4) is 11.6 Å². The molecule has 1 aliphatic heterocycles. The lowest BCUT2D eigenvalue weighted by atomic mass is 9.97. The van der Waals surface area contributed by atoms with Gasteiger partial charge in [0.2, 0.25) is 5.91 Å². The molecule has 2 heterocycles. The van der Waals surface area contributed by atoms with Gasteiger partial charge in [-0.1, -0.05) is 46.3 Å². The van der Waals surface area contributed by atoms with Gasteiger partial charge in [0.25, 0.3) is 5.88 Å². The minimum atomic E-state index is -0.0995. The van der Waals surface area contributed by atoms with Gasteiger partial charge in [-0.25, -0.2) is 9.97 Å². The molecular weight excluding hydrogens is 456 g/mol. The van der Waals surface area contributed by atoms with Crippen molar-refractivity contribution in [2.75, 3.05) is 18.0 Å². The van der Waals surface area contributed by atoms with Crippen molar-refractivity contribution in [3.63, 3.8) is 0 Å². The molecule has 0 aliphatic carbocycles. The first-order chi connectivity index (χ1) is 15.1. The Balaban J connectivity index is 1.43. The van der Waals surface area contributed by atoms with Crippen LogP contribution in [0.5, 0.6) is 11.6 Å². The quantitative estimate of drug-likeness (QED) is 0.544. The Bertz CT molecular complexity index is 1040. The van der Waals surface area contributed by atoms with Gasteiger partial charge < -0.3 is 15.0 Å². The molecule has 2 aromatic carbocycles. The summed E-state index contributed by atoms with van der Waals surface area (Å²) in [6, 6.07) is 15.8. The summed E-state index contributed by atoms with van der Waals surface area (Å²) in [6.45, 7) is 3.93. The van der Waals surface area contributed by atoms with Gasteiger partial charge in [0.1, 0.15) is 5.75 Å². The molecule has 160 valence electrons. The molecule has 1 atom stereocenters. The molecule has 0 spiro atoms. The molecule has 1 aliphatic rings. The second-order valence-corrected chi connectivity index (χ2v) is 8.60. The number of benzene rings is 2. The highest BCUT2D eigenvalue weighted by molar-refractivity contribution is 9.10. The average molecular weight is 481 g/mol. The number of halogens is 1. The van der Waals surface area contributed by atoms with Crippen molar-refractivity contribution in [2.45, 2.75) is 26.3 Å². The molecule has 31 heavy (non-hydrogen) atoms. The van der Waals surface area contributed by atoms with E-state index in [1.165, 1.54) is 0 Å². The topological polar surface area (TPSA) is 67.4 Å². The van der Waals surface area contributed by atoms with Gasteiger partial charge in [-0.3, -0.25) is 4.79 Å². The number of nitrogens with zero attached hydrogens (tertiary/aromatic N) is 3. The predicted octanol–water partition coefficient (Wildman–Crippen LogP) is 4.87. The molecule has 1 N–H and O–H groups in total. The van der Waals surface area contributed by atoms with Gasteiger partial charge >= 0.3 is 0 Å². The van der Waals surface area contributed by atoms with E-state index in [0.717, 1.165) is 40.7 Å². The van der Waals surface area contributed by atoms with Crippen LogP contribution in [0.2, 0.25) is 0 Å². The third-order valence-corrected chi connectivity index (χ3v) is 5.95. The van der Waals surface area contributed by atoms with E-state index < -0.39 is 0 Å². The van der Waals surface area contributed by atoms with Crippen LogP contribution in [-0.2, 0) is 11.3 Å². The minimum Gasteiger partial charge on any atom is -0.436 e. The van der Waals surface area contributed by atoms with E-state index in [0.29, 0.717) is 24.8 Å². The highest BCUT2D eigenvalue weighted by atomic mass is 79.9. The van der Waals surface area contributed by atoms with Gasteiger partial charge in [-0.15, -0.1) is 0 Å². The molecule has 6 nitrogen and oxygen atoms in total. The monoisotopic (exact) mass is 480 g/mol. The van der Waals surface area contributed by atoms with Gasteiger partial charge in [0.05, 0.1) is 5.92 Å². The van der Waals surface area contributed by atoms with E-state index in [4.69, 9.17) is 4.74 Å². The Labute approximate surface area is 190 Å². The lowest BCUT2D eigenvalue weighted by molar-refractivity contribution is -0.125. The zero-order valence-electron chi connectivity index (χ0n) is 17.4. The van der Waals surface area contributed by atoms with Crippen molar-refractivity contribution in [1.82, 2.24) is 15.3 Å². The van der Waals surface area contributed by atoms with E-state index in [2.05, 4.69) is 36.1 Å². The Morgan fingerprint density at radius 3 is 2.74 bits per heavy atom. The van der Waals surface area contributed by atoms with Crippen molar-refractivity contribution >= 4 is 27.7 Å². The number of amides is 1. The van der Waals surface area contributed by atoms with Crippen LogP contribution in [0.25, 0.3) is 0 Å². The van der Waals surface area contributed by atoms with Crippen molar-refractivity contribution in [1.29, 1.82) is 0 Å². The van der Waals surface area contributed by atoms with Crippen LogP contribution in [0, 0.1) is 12.8 Å². The number of nitrogens with one attached hydrogen (secondary N) is 1. The smallest absolute Gasteiger partial charge is 0.263 e. The summed E-state index contributed by atoms with van der Waals surface area (Å²) in [4.78, 5) is 23.9. The summed E-state index contributed by atoms with van der Waals surface area (Å²) < 4.78 is 7.11. The van der Waals surface area contributed by atoms with Crippen molar-refractivity contribution < 1.29 is 9.53 Å². The third-order valence-electron chi connectivity index (χ3n) is 5.42. The summed E-state index contributed by atoms with van der Waals surface area (Å²) in [5, 5.41) is 3.07. The lowest BCUT2D eigenvalue weighted by Crippen LogP contribution is -2.43. The number of carbonyl (C=O) groups is 1. The highest BCUT2D eigenvalue weighted by Crippen LogP contribution is 2.32. The number of anilines is 1. The maximum Gasteiger partial charge on any atom is 0.263 e. The Morgan fingerprint density at radius 1 is 1.16 bits per heavy atom. The summed E-state index contributed by atoms with van der Waals surface area (Å²) in [6.07, 6.45) is 5.06. The summed E-state index contributed by atoms with van der Waals surface area (Å²) >= 11 is 3.43. The van der Waals surface area contributed by atoms with E-state index in [-0.39, 0.29) is 11.8 Å². The van der Waals surface area contributed by atoms with E-state index in [9.17, 15) is 4.79 Å². The summed E-state index contributed by atoms with van der Waals surface area (Å²) in [5.74, 6) is 1.87. The van der Waals surface area contributed by atoms with Crippen LogP contribution in [0.1, 0.15) is 24.0 Å². The first-order valence-corrected chi connectivity index (χ1v) is 11.2. The normalized spacial score (nSPS) is 16.1. The number of aromatic nitrogens is 2. The number of piperidine rings is 1. The van der Waals surface area contributed by atoms with Gasteiger partial charge in [-0.2, -0.15) is 0 Å². The first-order valence-electron chi connectivity index (χ1n) is 10.4. The predicted molar refractivity (Wildman–Crippen MR) is 124 cm³/mol. The third kappa shape index (κ3) is 5.41. The Morgan fingerprint density at radius 2 is 1.94 bits per heavy atom. The zero-order valence-corrected chi connectivity index (χ0v) is 19.0. The fourth-order valence-corrected chi connectivity index (χ4v) is 3.97. The van der Waals surface area contributed by atoms with E-state index in [1.54, 1.807) is 12.4 Å². The van der Waals surface area contributed by atoms with Crippen LogP contribution < -0.4 is 15.0 Å². The van der Waals surface area contributed by atoms with Crippen LogP contribution in [0.15, 0.2) is 65.4 Å². The van der Waals surface area contributed by atoms with E-state index in [1.807, 2.05) is 55.5 Å². The highest BCUT2D eigenvalue weighted by Gasteiger charge is 2.28. The fourth-order valence-electron chi connectivity index (χ4n) is 3.70. The van der Waals surface area contributed by atoms with Crippen LogP contribution >= 0.6 is 15.9 Å². The molecular formula is C24H25BrN4O2.